The Bertz CT molecular complexity index is 1090. The quantitative estimate of drug-likeness (QED) is 0.465. The highest BCUT2D eigenvalue weighted by atomic mass is 16.6. The van der Waals surface area contributed by atoms with Crippen LogP contribution in [0.5, 0.6) is 0 Å². The Morgan fingerprint density at radius 1 is 1.06 bits per heavy atom. The normalized spacial score (nSPS) is 14.0. The van der Waals surface area contributed by atoms with Gasteiger partial charge in [0.1, 0.15) is 17.2 Å². The van der Waals surface area contributed by atoms with Crippen LogP contribution >= 0.6 is 0 Å². The average molecular weight is 420 g/mol. The standard InChI is InChI=1S/C22H24N6O3/c1-16-21(28(30)31)17(2)27(24-16)15-18-6-8-19(9-7-18)22(29)26-13-11-25(12-14-26)20-5-3-4-10-23-20/h3-10H,11-15H2,1-2H3. The lowest BCUT2D eigenvalue weighted by atomic mass is 10.1. The van der Waals surface area contributed by atoms with Crippen LogP contribution in [0.3, 0.4) is 0 Å². The predicted octanol–water partition coefficient (Wildman–Crippen LogP) is 2.81. The van der Waals surface area contributed by atoms with E-state index in [9.17, 15) is 14.9 Å². The molecule has 1 aromatic carbocycles. The van der Waals surface area contributed by atoms with Crippen molar-refractivity contribution < 1.29 is 9.72 Å². The Hall–Kier alpha value is -3.75. The van der Waals surface area contributed by atoms with Gasteiger partial charge in [0.05, 0.1) is 11.5 Å². The van der Waals surface area contributed by atoms with Crippen LogP contribution < -0.4 is 4.90 Å². The SMILES string of the molecule is Cc1nn(Cc2ccc(C(=O)N3CCN(c4ccccn4)CC3)cc2)c(C)c1[N+](=O)[O-]. The molecule has 0 N–H and O–H groups in total. The molecule has 9 nitrogen and oxygen atoms in total. The number of piperazine rings is 1. The minimum absolute atomic E-state index is 0.00831. The van der Waals surface area contributed by atoms with Crippen LogP contribution in [0.15, 0.2) is 48.7 Å². The molecule has 0 spiro atoms. The fourth-order valence-electron chi connectivity index (χ4n) is 3.89. The Balaban J connectivity index is 1.39. The zero-order valence-corrected chi connectivity index (χ0v) is 17.6. The zero-order chi connectivity index (χ0) is 22.0. The molecule has 4 rings (SSSR count). The molecular weight excluding hydrogens is 396 g/mol. The maximum atomic E-state index is 12.9. The summed E-state index contributed by atoms with van der Waals surface area (Å²) in [5.41, 5.74) is 2.54. The van der Waals surface area contributed by atoms with Crippen molar-refractivity contribution in [1.29, 1.82) is 0 Å². The average Bonchev–Trinajstić information content (AvgIpc) is 3.07. The van der Waals surface area contributed by atoms with Crippen LogP contribution in [0.2, 0.25) is 0 Å². The molecule has 0 saturated carbocycles. The van der Waals surface area contributed by atoms with Crippen LogP contribution in [0.4, 0.5) is 11.5 Å². The first-order valence-electron chi connectivity index (χ1n) is 10.2. The van der Waals surface area contributed by atoms with Gasteiger partial charge in [-0.25, -0.2) is 4.98 Å². The second kappa shape index (κ2) is 8.55. The van der Waals surface area contributed by atoms with Crippen LogP contribution in [0, 0.1) is 24.0 Å². The first kappa shape index (κ1) is 20.5. The molecule has 1 aliphatic heterocycles. The van der Waals surface area contributed by atoms with E-state index in [1.165, 1.54) is 0 Å². The van der Waals surface area contributed by atoms with Gasteiger partial charge in [-0.15, -0.1) is 0 Å². The van der Waals surface area contributed by atoms with Crippen LogP contribution in [-0.4, -0.2) is 56.7 Å². The third-order valence-electron chi connectivity index (χ3n) is 5.60. The number of nitro groups is 1. The number of aromatic nitrogens is 3. The van der Waals surface area contributed by atoms with E-state index in [0.29, 0.717) is 36.6 Å². The van der Waals surface area contributed by atoms with Crippen molar-refractivity contribution in [2.45, 2.75) is 20.4 Å². The van der Waals surface area contributed by atoms with E-state index in [1.807, 2.05) is 47.4 Å². The number of pyridine rings is 1. The van der Waals surface area contributed by atoms with Crippen molar-refractivity contribution in [3.8, 4) is 0 Å². The number of amides is 1. The smallest absolute Gasteiger partial charge is 0.312 e. The second-order valence-corrected chi connectivity index (χ2v) is 7.60. The van der Waals surface area contributed by atoms with E-state index in [0.717, 1.165) is 24.5 Å². The summed E-state index contributed by atoms with van der Waals surface area (Å²) in [7, 11) is 0. The molecular formula is C22H24N6O3. The van der Waals surface area contributed by atoms with Crippen molar-refractivity contribution in [1.82, 2.24) is 19.7 Å². The Kier molecular flexibility index (Phi) is 5.66. The summed E-state index contributed by atoms with van der Waals surface area (Å²) in [5, 5.41) is 15.5. The van der Waals surface area contributed by atoms with Crippen molar-refractivity contribution >= 4 is 17.4 Å². The molecule has 9 heteroatoms. The Morgan fingerprint density at radius 2 is 1.77 bits per heavy atom. The van der Waals surface area contributed by atoms with E-state index in [1.54, 1.807) is 24.7 Å². The van der Waals surface area contributed by atoms with Gasteiger partial charge in [-0.2, -0.15) is 5.10 Å². The molecule has 0 radical (unpaired) electrons. The molecule has 31 heavy (non-hydrogen) atoms. The van der Waals surface area contributed by atoms with Gasteiger partial charge >= 0.3 is 5.69 Å². The summed E-state index contributed by atoms with van der Waals surface area (Å²) >= 11 is 0. The molecule has 0 unspecified atom stereocenters. The van der Waals surface area contributed by atoms with Crippen LogP contribution in [0.1, 0.15) is 27.3 Å². The highest BCUT2D eigenvalue weighted by Gasteiger charge is 2.24. The van der Waals surface area contributed by atoms with E-state index < -0.39 is 4.92 Å². The molecule has 0 atom stereocenters. The molecule has 3 heterocycles. The number of aryl methyl sites for hydroxylation is 1. The largest absolute Gasteiger partial charge is 0.353 e. The highest BCUT2D eigenvalue weighted by Crippen LogP contribution is 2.23. The fraction of sp³-hybridized carbons (Fsp3) is 0.318. The van der Waals surface area contributed by atoms with Crippen LogP contribution in [0.25, 0.3) is 0 Å². The summed E-state index contributed by atoms with van der Waals surface area (Å²) in [5.74, 6) is 0.942. The van der Waals surface area contributed by atoms with Gasteiger partial charge < -0.3 is 9.80 Å². The lowest BCUT2D eigenvalue weighted by molar-refractivity contribution is -0.386. The molecule has 0 aliphatic carbocycles. The monoisotopic (exact) mass is 420 g/mol. The predicted molar refractivity (Wildman–Crippen MR) is 116 cm³/mol. The molecule has 1 saturated heterocycles. The molecule has 1 amide bonds. The highest BCUT2D eigenvalue weighted by molar-refractivity contribution is 5.94. The summed E-state index contributed by atoms with van der Waals surface area (Å²) in [6.07, 6.45) is 1.78. The Morgan fingerprint density at radius 3 is 2.35 bits per heavy atom. The second-order valence-electron chi connectivity index (χ2n) is 7.60. The van der Waals surface area contributed by atoms with Crippen LogP contribution in [-0.2, 0) is 6.54 Å². The number of nitrogens with zero attached hydrogens (tertiary/aromatic N) is 6. The fourth-order valence-corrected chi connectivity index (χ4v) is 3.89. The third kappa shape index (κ3) is 4.25. The topological polar surface area (TPSA) is 97.4 Å². The molecule has 1 fully saturated rings. The van der Waals surface area contributed by atoms with Gasteiger partial charge in [0, 0.05) is 37.9 Å². The third-order valence-corrected chi connectivity index (χ3v) is 5.60. The minimum Gasteiger partial charge on any atom is -0.353 e. The van der Waals surface area contributed by atoms with Crippen molar-refractivity contribution in [2.24, 2.45) is 0 Å². The zero-order valence-electron chi connectivity index (χ0n) is 17.6. The maximum Gasteiger partial charge on any atom is 0.312 e. The van der Waals surface area contributed by atoms with Gasteiger partial charge in [0.25, 0.3) is 5.91 Å². The van der Waals surface area contributed by atoms with E-state index in [-0.39, 0.29) is 11.6 Å². The van der Waals surface area contributed by atoms with Gasteiger partial charge in [-0.3, -0.25) is 19.6 Å². The van der Waals surface area contributed by atoms with Gasteiger partial charge in [0.15, 0.2) is 0 Å². The minimum atomic E-state index is -0.399. The molecule has 2 aromatic heterocycles. The van der Waals surface area contributed by atoms with E-state index in [2.05, 4.69) is 15.0 Å². The molecule has 1 aliphatic rings. The number of carbonyl (C=O) groups excluding carboxylic acids is 1. The molecule has 160 valence electrons. The first-order valence-corrected chi connectivity index (χ1v) is 10.2. The van der Waals surface area contributed by atoms with Gasteiger partial charge in [-0.05, 0) is 43.7 Å². The van der Waals surface area contributed by atoms with E-state index in [4.69, 9.17) is 0 Å². The van der Waals surface area contributed by atoms with Gasteiger partial charge in [-0.1, -0.05) is 18.2 Å². The number of rotatable bonds is 5. The summed E-state index contributed by atoms with van der Waals surface area (Å²) in [6.45, 7) is 6.53. The first-order chi connectivity index (χ1) is 14.9. The lowest BCUT2D eigenvalue weighted by Gasteiger charge is -2.35. The lowest BCUT2D eigenvalue weighted by Crippen LogP contribution is -2.49. The van der Waals surface area contributed by atoms with E-state index >= 15 is 0 Å². The number of carbonyl (C=O) groups is 1. The Labute approximate surface area is 180 Å². The number of anilines is 1. The number of benzene rings is 1. The maximum absolute atomic E-state index is 12.9. The molecule has 0 bridgehead atoms. The molecule has 3 aromatic rings. The summed E-state index contributed by atoms with van der Waals surface area (Å²) < 4.78 is 1.63. The summed E-state index contributed by atoms with van der Waals surface area (Å²) in [4.78, 5) is 32.1. The van der Waals surface area contributed by atoms with Crippen molar-refractivity contribution in [3.05, 3.63) is 81.3 Å². The van der Waals surface area contributed by atoms with Gasteiger partial charge in [0.2, 0.25) is 0 Å². The number of hydrogen-bond acceptors (Lipinski definition) is 6. The number of hydrogen-bond donors (Lipinski definition) is 0. The summed E-state index contributed by atoms with van der Waals surface area (Å²) in [6, 6.07) is 13.2. The van der Waals surface area contributed by atoms with Crippen molar-refractivity contribution in [3.63, 3.8) is 0 Å². The van der Waals surface area contributed by atoms with Crippen molar-refractivity contribution in [2.75, 3.05) is 31.1 Å².